The second-order valence-corrected chi connectivity index (χ2v) is 7.96. The molecule has 1 aromatic rings. The zero-order chi connectivity index (χ0) is 18.7. The first-order valence-corrected chi connectivity index (χ1v) is 10.2. The van der Waals surface area contributed by atoms with Gasteiger partial charge in [-0.25, -0.2) is 4.39 Å². The molecule has 0 spiro atoms. The smallest absolute Gasteiger partial charge is 0.191 e. The lowest BCUT2D eigenvalue weighted by Gasteiger charge is -2.37. The Hall–Kier alpha value is -1.66. The summed E-state index contributed by atoms with van der Waals surface area (Å²) in [6.07, 6.45) is 5.79. The van der Waals surface area contributed by atoms with E-state index >= 15 is 0 Å². The minimum atomic E-state index is -0.188. The highest BCUT2D eigenvalue weighted by Gasteiger charge is 2.41. The highest BCUT2D eigenvalue weighted by molar-refractivity contribution is 5.80. The second-order valence-electron chi connectivity index (χ2n) is 7.96. The predicted molar refractivity (Wildman–Crippen MR) is 104 cm³/mol. The van der Waals surface area contributed by atoms with Crippen LogP contribution >= 0.6 is 0 Å². The van der Waals surface area contributed by atoms with E-state index in [2.05, 4.69) is 17.6 Å². The van der Waals surface area contributed by atoms with Crippen molar-refractivity contribution in [2.45, 2.75) is 62.7 Å². The van der Waals surface area contributed by atoms with Gasteiger partial charge in [-0.05, 0) is 56.7 Å². The normalized spacial score (nSPS) is 29.7. The Labute approximate surface area is 160 Å². The lowest BCUT2D eigenvalue weighted by molar-refractivity contribution is 0.0530. The molecule has 3 aliphatic heterocycles. The standard InChI is InChI=1S/C21H30FN3O2/c1-2-23-20(25-18-13-17-6-7-19(18)27-17)24-14-21(8-10-26-11-9-21)15-4-3-5-16(22)12-15/h3-5,12,17-19H,2,6-11,13-14H2,1H3,(H2,23,24,25). The van der Waals surface area contributed by atoms with Crippen LogP contribution in [0.4, 0.5) is 4.39 Å². The van der Waals surface area contributed by atoms with E-state index in [-0.39, 0.29) is 11.2 Å². The van der Waals surface area contributed by atoms with Crippen LogP contribution in [0.2, 0.25) is 0 Å². The van der Waals surface area contributed by atoms with Crippen LogP contribution < -0.4 is 10.6 Å². The van der Waals surface area contributed by atoms with Crippen LogP contribution in [0.25, 0.3) is 0 Å². The number of ether oxygens (including phenoxy) is 2. The fourth-order valence-corrected chi connectivity index (χ4v) is 4.63. The molecule has 5 nitrogen and oxygen atoms in total. The van der Waals surface area contributed by atoms with Crippen LogP contribution in [0.5, 0.6) is 0 Å². The molecule has 6 heteroatoms. The van der Waals surface area contributed by atoms with Crippen molar-refractivity contribution in [1.29, 1.82) is 0 Å². The lowest BCUT2D eigenvalue weighted by Crippen LogP contribution is -2.48. The largest absolute Gasteiger partial charge is 0.381 e. The van der Waals surface area contributed by atoms with E-state index < -0.39 is 0 Å². The number of aliphatic imine (C=N–C) groups is 1. The maximum atomic E-state index is 13.9. The first kappa shape index (κ1) is 18.7. The Morgan fingerprint density at radius 3 is 2.81 bits per heavy atom. The Bertz CT molecular complexity index is 675. The maximum absolute atomic E-state index is 13.9. The van der Waals surface area contributed by atoms with Gasteiger partial charge in [0.25, 0.3) is 0 Å². The molecular weight excluding hydrogens is 345 g/mol. The molecule has 148 valence electrons. The van der Waals surface area contributed by atoms with Gasteiger partial charge in [-0.3, -0.25) is 4.99 Å². The number of nitrogens with one attached hydrogen (secondary N) is 2. The van der Waals surface area contributed by atoms with Crippen molar-refractivity contribution in [3.63, 3.8) is 0 Å². The molecule has 3 aliphatic rings. The van der Waals surface area contributed by atoms with Crippen molar-refractivity contribution in [3.8, 4) is 0 Å². The molecular formula is C21H30FN3O2. The van der Waals surface area contributed by atoms with Gasteiger partial charge in [-0.1, -0.05) is 12.1 Å². The highest BCUT2D eigenvalue weighted by atomic mass is 19.1. The van der Waals surface area contributed by atoms with Crippen LogP contribution in [0.3, 0.4) is 0 Å². The van der Waals surface area contributed by atoms with Gasteiger partial charge in [0.2, 0.25) is 0 Å². The van der Waals surface area contributed by atoms with Crippen molar-refractivity contribution in [3.05, 3.63) is 35.6 Å². The van der Waals surface area contributed by atoms with Crippen LogP contribution in [0, 0.1) is 5.82 Å². The van der Waals surface area contributed by atoms with Gasteiger partial charge >= 0.3 is 0 Å². The number of nitrogens with zero attached hydrogens (tertiary/aromatic N) is 1. The summed E-state index contributed by atoms with van der Waals surface area (Å²) in [6, 6.07) is 7.31. The molecule has 3 fully saturated rings. The molecule has 0 saturated carbocycles. The second kappa shape index (κ2) is 8.15. The molecule has 3 unspecified atom stereocenters. The summed E-state index contributed by atoms with van der Waals surface area (Å²) in [5.41, 5.74) is 0.849. The van der Waals surface area contributed by atoms with Crippen LogP contribution in [-0.4, -0.2) is 50.5 Å². The Kier molecular flexibility index (Phi) is 5.64. The fourth-order valence-electron chi connectivity index (χ4n) is 4.63. The highest BCUT2D eigenvalue weighted by Crippen LogP contribution is 2.36. The molecule has 4 rings (SSSR count). The third-order valence-electron chi connectivity index (χ3n) is 6.20. The molecule has 3 saturated heterocycles. The molecule has 3 heterocycles. The SMILES string of the molecule is CCNC(=NCC1(c2cccc(F)c2)CCOCC1)NC1CC2CCC1O2. The number of fused-ring (bicyclic) bond motifs is 2. The van der Waals surface area contributed by atoms with E-state index in [4.69, 9.17) is 14.5 Å². The molecule has 3 atom stereocenters. The summed E-state index contributed by atoms with van der Waals surface area (Å²) >= 11 is 0. The zero-order valence-electron chi connectivity index (χ0n) is 16.0. The summed E-state index contributed by atoms with van der Waals surface area (Å²) < 4.78 is 25.4. The average Bonchev–Trinajstić information content (AvgIpc) is 3.30. The topological polar surface area (TPSA) is 54.9 Å². The van der Waals surface area contributed by atoms with Gasteiger partial charge in [0.05, 0.1) is 24.8 Å². The third kappa shape index (κ3) is 4.11. The van der Waals surface area contributed by atoms with E-state index in [1.165, 1.54) is 12.5 Å². The summed E-state index contributed by atoms with van der Waals surface area (Å²) in [6.45, 7) is 4.89. The minimum Gasteiger partial charge on any atom is -0.381 e. The molecule has 0 radical (unpaired) electrons. The monoisotopic (exact) mass is 375 g/mol. The number of rotatable bonds is 5. The fraction of sp³-hybridized carbons (Fsp3) is 0.667. The van der Waals surface area contributed by atoms with E-state index in [0.717, 1.165) is 43.8 Å². The average molecular weight is 375 g/mol. The molecule has 27 heavy (non-hydrogen) atoms. The van der Waals surface area contributed by atoms with Crippen molar-refractivity contribution < 1.29 is 13.9 Å². The number of hydrogen-bond acceptors (Lipinski definition) is 3. The first-order chi connectivity index (χ1) is 13.2. The Morgan fingerprint density at radius 2 is 2.15 bits per heavy atom. The summed E-state index contributed by atoms with van der Waals surface area (Å²) in [5.74, 6) is 0.646. The molecule has 2 bridgehead atoms. The number of halogens is 1. The molecule has 0 amide bonds. The van der Waals surface area contributed by atoms with Gasteiger partial charge in [-0.15, -0.1) is 0 Å². The molecule has 0 aliphatic carbocycles. The number of benzene rings is 1. The van der Waals surface area contributed by atoms with E-state index in [9.17, 15) is 4.39 Å². The quantitative estimate of drug-likeness (QED) is 0.614. The van der Waals surface area contributed by atoms with Gasteiger partial charge in [0.15, 0.2) is 5.96 Å². The van der Waals surface area contributed by atoms with Crippen molar-refractivity contribution >= 4 is 5.96 Å². The van der Waals surface area contributed by atoms with Gasteiger partial charge < -0.3 is 20.1 Å². The lowest BCUT2D eigenvalue weighted by atomic mass is 9.74. The maximum Gasteiger partial charge on any atom is 0.191 e. The van der Waals surface area contributed by atoms with Crippen molar-refractivity contribution in [2.75, 3.05) is 26.3 Å². The minimum absolute atomic E-state index is 0.173. The van der Waals surface area contributed by atoms with E-state index in [1.54, 1.807) is 12.1 Å². The molecule has 0 aromatic heterocycles. The van der Waals surface area contributed by atoms with Crippen LogP contribution in [0.1, 0.15) is 44.6 Å². The summed E-state index contributed by atoms with van der Waals surface area (Å²) in [5, 5.41) is 6.94. The zero-order valence-corrected chi connectivity index (χ0v) is 16.0. The summed E-state index contributed by atoms with van der Waals surface area (Å²) in [7, 11) is 0. The summed E-state index contributed by atoms with van der Waals surface area (Å²) in [4.78, 5) is 4.92. The number of hydrogen-bond donors (Lipinski definition) is 2. The van der Waals surface area contributed by atoms with Crippen molar-refractivity contribution in [1.82, 2.24) is 10.6 Å². The van der Waals surface area contributed by atoms with Gasteiger partial charge in [0.1, 0.15) is 5.82 Å². The molecule has 1 aromatic carbocycles. The van der Waals surface area contributed by atoms with Crippen LogP contribution in [-0.2, 0) is 14.9 Å². The van der Waals surface area contributed by atoms with Crippen molar-refractivity contribution in [2.24, 2.45) is 4.99 Å². The van der Waals surface area contributed by atoms with E-state index in [0.29, 0.717) is 38.0 Å². The van der Waals surface area contributed by atoms with Gasteiger partial charge in [0, 0.05) is 25.2 Å². The molecule has 2 N–H and O–H groups in total. The van der Waals surface area contributed by atoms with Crippen LogP contribution in [0.15, 0.2) is 29.3 Å². The van der Waals surface area contributed by atoms with Gasteiger partial charge in [-0.2, -0.15) is 0 Å². The Morgan fingerprint density at radius 1 is 1.30 bits per heavy atom. The Balaban J connectivity index is 1.51. The van der Waals surface area contributed by atoms with E-state index in [1.807, 2.05) is 6.07 Å². The first-order valence-electron chi connectivity index (χ1n) is 10.2. The predicted octanol–water partition coefficient (Wildman–Crippen LogP) is 2.75. The third-order valence-corrected chi connectivity index (χ3v) is 6.20. The number of guanidine groups is 1.